The summed E-state index contributed by atoms with van der Waals surface area (Å²) in [4.78, 5) is 35.1. The summed E-state index contributed by atoms with van der Waals surface area (Å²) in [6, 6.07) is 16.1. The lowest BCUT2D eigenvalue weighted by atomic mass is 9.98. The first-order valence-electron chi connectivity index (χ1n) is 10.2. The zero-order valence-corrected chi connectivity index (χ0v) is 16.8. The maximum absolute atomic E-state index is 12.4. The summed E-state index contributed by atoms with van der Waals surface area (Å²) in [5, 5.41) is 23.0. The van der Waals surface area contributed by atoms with Gasteiger partial charge in [0.25, 0.3) is 0 Å². The standard InChI is InChI=1S/C23H24N2O6/c26-19(21(28)29)12-24-20(27)11-23(9-10-23)25-22(30)31-13-18-16-7-3-1-5-14(16)15-6-2-4-8-17(15)18/h1-8,18-19,26H,9-13H2,(H,24,27)(H,25,30)(H,28,29). The maximum atomic E-state index is 12.4. The summed E-state index contributed by atoms with van der Waals surface area (Å²) in [5.41, 5.74) is 3.85. The van der Waals surface area contributed by atoms with E-state index in [9.17, 15) is 19.5 Å². The number of aliphatic hydroxyl groups is 1. The number of alkyl carbamates (subject to hydrolysis) is 1. The first-order chi connectivity index (χ1) is 14.9. The summed E-state index contributed by atoms with van der Waals surface area (Å²) >= 11 is 0. The van der Waals surface area contributed by atoms with Crippen LogP contribution in [0.2, 0.25) is 0 Å². The van der Waals surface area contributed by atoms with Gasteiger partial charge in [-0.3, -0.25) is 4.79 Å². The predicted molar refractivity (Wildman–Crippen MR) is 111 cm³/mol. The quantitative estimate of drug-likeness (QED) is 0.514. The Morgan fingerprint density at radius 2 is 1.61 bits per heavy atom. The Balaban J connectivity index is 1.32. The monoisotopic (exact) mass is 424 g/mol. The molecular formula is C23H24N2O6. The summed E-state index contributed by atoms with van der Waals surface area (Å²) in [5.74, 6) is -1.89. The van der Waals surface area contributed by atoms with E-state index in [4.69, 9.17) is 9.84 Å². The fraction of sp³-hybridized carbons (Fsp3) is 0.348. The van der Waals surface area contributed by atoms with Crippen LogP contribution in [0.1, 0.15) is 36.3 Å². The van der Waals surface area contributed by atoms with E-state index in [1.165, 1.54) is 0 Å². The van der Waals surface area contributed by atoms with Gasteiger partial charge in [0, 0.05) is 12.3 Å². The van der Waals surface area contributed by atoms with E-state index >= 15 is 0 Å². The summed E-state index contributed by atoms with van der Waals surface area (Å²) < 4.78 is 5.53. The van der Waals surface area contributed by atoms with Gasteiger partial charge in [-0.1, -0.05) is 48.5 Å². The van der Waals surface area contributed by atoms with Crippen molar-refractivity contribution < 1.29 is 29.3 Å². The molecule has 1 fully saturated rings. The number of aliphatic carboxylic acids is 1. The third-order valence-corrected chi connectivity index (χ3v) is 5.84. The molecule has 0 heterocycles. The topological polar surface area (TPSA) is 125 Å². The highest BCUT2D eigenvalue weighted by Gasteiger charge is 2.46. The average molecular weight is 424 g/mol. The Kier molecular flexibility index (Phi) is 5.65. The SMILES string of the molecule is O=C(CC1(NC(=O)OCC2c3ccccc3-c3ccccc32)CC1)NCC(O)C(=O)O. The molecule has 2 aromatic rings. The minimum atomic E-state index is -1.66. The lowest BCUT2D eigenvalue weighted by Crippen LogP contribution is -2.43. The maximum Gasteiger partial charge on any atom is 0.407 e. The van der Waals surface area contributed by atoms with Gasteiger partial charge in [0.2, 0.25) is 5.91 Å². The molecule has 0 bridgehead atoms. The molecule has 1 saturated carbocycles. The molecular weight excluding hydrogens is 400 g/mol. The Bertz CT molecular complexity index is 971. The predicted octanol–water partition coefficient (Wildman–Crippen LogP) is 2.01. The van der Waals surface area contributed by atoms with Gasteiger partial charge in [-0.05, 0) is 35.1 Å². The highest BCUT2D eigenvalue weighted by atomic mass is 16.5. The fourth-order valence-corrected chi connectivity index (χ4v) is 4.02. The van der Waals surface area contributed by atoms with E-state index in [0.29, 0.717) is 12.8 Å². The fourth-order valence-electron chi connectivity index (χ4n) is 4.02. The second-order valence-corrected chi connectivity index (χ2v) is 8.07. The van der Waals surface area contributed by atoms with Crippen molar-refractivity contribution in [3.63, 3.8) is 0 Å². The van der Waals surface area contributed by atoms with Crippen molar-refractivity contribution in [2.75, 3.05) is 13.2 Å². The molecule has 0 spiro atoms. The minimum Gasteiger partial charge on any atom is -0.479 e. The molecule has 0 radical (unpaired) electrons. The number of fused-ring (bicyclic) bond motifs is 3. The number of rotatable bonds is 8. The summed E-state index contributed by atoms with van der Waals surface area (Å²) in [6.07, 6.45) is -0.978. The number of hydrogen-bond donors (Lipinski definition) is 4. The van der Waals surface area contributed by atoms with Crippen molar-refractivity contribution in [1.29, 1.82) is 0 Å². The highest BCUT2D eigenvalue weighted by molar-refractivity contribution is 5.81. The van der Waals surface area contributed by atoms with Crippen molar-refractivity contribution in [3.05, 3.63) is 59.7 Å². The van der Waals surface area contributed by atoms with Crippen LogP contribution in [0.4, 0.5) is 4.79 Å². The number of carboxylic acid groups (broad SMARTS) is 1. The molecule has 2 aliphatic carbocycles. The van der Waals surface area contributed by atoms with Crippen molar-refractivity contribution in [3.8, 4) is 11.1 Å². The van der Waals surface area contributed by atoms with Gasteiger partial charge in [0.1, 0.15) is 6.61 Å². The number of ether oxygens (including phenoxy) is 1. The van der Waals surface area contributed by atoms with Gasteiger partial charge in [0.05, 0.1) is 12.1 Å². The minimum absolute atomic E-state index is 0.00351. The van der Waals surface area contributed by atoms with Gasteiger partial charge in [0.15, 0.2) is 6.10 Å². The number of hydrogen-bond acceptors (Lipinski definition) is 5. The van der Waals surface area contributed by atoms with Crippen LogP contribution in [0.3, 0.4) is 0 Å². The average Bonchev–Trinajstić information content (AvgIpc) is 3.42. The van der Waals surface area contributed by atoms with Gasteiger partial charge < -0.3 is 25.6 Å². The van der Waals surface area contributed by atoms with Gasteiger partial charge in [-0.15, -0.1) is 0 Å². The van der Waals surface area contributed by atoms with Crippen molar-refractivity contribution in [1.82, 2.24) is 10.6 Å². The molecule has 2 aromatic carbocycles. The zero-order chi connectivity index (χ0) is 22.0. The molecule has 0 aliphatic heterocycles. The van der Waals surface area contributed by atoms with Crippen molar-refractivity contribution in [2.24, 2.45) is 0 Å². The molecule has 162 valence electrons. The van der Waals surface area contributed by atoms with Crippen LogP contribution in [0.5, 0.6) is 0 Å². The molecule has 2 amide bonds. The lowest BCUT2D eigenvalue weighted by molar-refractivity contribution is -0.146. The van der Waals surface area contributed by atoms with E-state index in [1.54, 1.807) is 0 Å². The van der Waals surface area contributed by atoms with E-state index in [2.05, 4.69) is 22.8 Å². The summed E-state index contributed by atoms with van der Waals surface area (Å²) in [7, 11) is 0. The van der Waals surface area contributed by atoms with Gasteiger partial charge >= 0.3 is 12.1 Å². The molecule has 31 heavy (non-hydrogen) atoms. The van der Waals surface area contributed by atoms with Crippen LogP contribution in [-0.4, -0.2) is 53.0 Å². The molecule has 2 aliphatic rings. The Labute approximate surface area is 179 Å². The Morgan fingerprint density at radius 3 is 2.16 bits per heavy atom. The Morgan fingerprint density at radius 1 is 1.03 bits per heavy atom. The molecule has 1 atom stereocenters. The number of carbonyl (C=O) groups is 3. The van der Waals surface area contributed by atoms with Crippen molar-refractivity contribution >= 4 is 18.0 Å². The van der Waals surface area contributed by atoms with E-state index in [0.717, 1.165) is 22.3 Å². The van der Waals surface area contributed by atoms with E-state index < -0.39 is 29.6 Å². The molecule has 8 nitrogen and oxygen atoms in total. The number of benzene rings is 2. The number of aliphatic hydroxyl groups excluding tert-OH is 1. The number of carboxylic acids is 1. The van der Waals surface area contributed by atoms with Crippen LogP contribution in [-0.2, 0) is 14.3 Å². The highest BCUT2D eigenvalue weighted by Crippen LogP contribution is 2.44. The second-order valence-electron chi connectivity index (χ2n) is 8.07. The van der Waals surface area contributed by atoms with E-state index in [-0.39, 0.29) is 25.5 Å². The number of amides is 2. The van der Waals surface area contributed by atoms with Gasteiger partial charge in [-0.25, -0.2) is 9.59 Å². The van der Waals surface area contributed by atoms with Crippen LogP contribution < -0.4 is 10.6 Å². The molecule has 4 N–H and O–H groups in total. The first kappa shape index (κ1) is 20.9. The van der Waals surface area contributed by atoms with Gasteiger partial charge in [-0.2, -0.15) is 0 Å². The first-order valence-corrected chi connectivity index (χ1v) is 10.2. The third-order valence-electron chi connectivity index (χ3n) is 5.84. The van der Waals surface area contributed by atoms with E-state index in [1.807, 2.05) is 36.4 Å². The lowest BCUT2D eigenvalue weighted by Gasteiger charge is -2.19. The molecule has 1 unspecified atom stereocenters. The molecule has 0 aromatic heterocycles. The van der Waals surface area contributed by atoms with Crippen LogP contribution >= 0.6 is 0 Å². The number of nitrogens with one attached hydrogen (secondary N) is 2. The second kappa shape index (κ2) is 8.39. The molecule has 8 heteroatoms. The smallest absolute Gasteiger partial charge is 0.407 e. The zero-order valence-electron chi connectivity index (χ0n) is 16.8. The van der Waals surface area contributed by atoms with Crippen LogP contribution in [0, 0.1) is 0 Å². The number of carbonyl (C=O) groups excluding carboxylic acids is 2. The third kappa shape index (κ3) is 4.54. The van der Waals surface area contributed by atoms with Crippen molar-refractivity contribution in [2.45, 2.75) is 36.8 Å². The molecule has 4 rings (SSSR count). The Hall–Kier alpha value is -3.39. The normalized spacial score (nSPS) is 16.5. The molecule has 0 saturated heterocycles. The van der Waals surface area contributed by atoms with Crippen LogP contribution in [0.15, 0.2) is 48.5 Å². The summed E-state index contributed by atoms with van der Waals surface area (Å²) in [6.45, 7) is -0.192. The largest absolute Gasteiger partial charge is 0.479 e. The van der Waals surface area contributed by atoms with Crippen LogP contribution in [0.25, 0.3) is 11.1 Å².